The number of aliphatic hydroxyl groups is 5. The molecule has 0 saturated heterocycles. The highest BCUT2D eigenvalue weighted by atomic mass is 16.4. The summed E-state index contributed by atoms with van der Waals surface area (Å²) in [6.07, 6.45) is -4.29. The van der Waals surface area contributed by atoms with Gasteiger partial charge in [-0.3, -0.25) is 0 Å². The second-order valence-corrected chi connectivity index (χ2v) is 3.20. The fraction of sp³-hybridized carbons (Fsp3) is 0.875. The van der Waals surface area contributed by atoms with Crippen molar-refractivity contribution in [1.82, 2.24) is 0 Å². The van der Waals surface area contributed by atoms with Gasteiger partial charge in [-0.1, -0.05) is 0 Å². The van der Waals surface area contributed by atoms with Crippen LogP contribution in [0, 0.1) is 0 Å². The van der Waals surface area contributed by atoms with Crippen LogP contribution in [0.15, 0.2) is 0 Å². The lowest BCUT2D eigenvalue weighted by atomic mass is 9.83. The third kappa shape index (κ3) is 2.49. The van der Waals surface area contributed by atoms with Crippen molar-refractivity contribution in [2.75, 3.05) is 6.61 Å². The lowest BCUT2D eigenvalue weighted by Crippen LogP contribution is -2.60. The Bertz CT molecular complexity index is 241. The molecule has 4 atom stereocenters. The molecule has 0 heterocycles. The van der Waals surface area contributed by atoms with E-state index in [2.05, 4.69) is 0 Å². The predicted octanol–water partition coefficient (Wildman–Crippen LogP) is -2.60. The Kier molecular flexibility index (Phi) is 3.09. The smallest absolute Gasteiger partial charge is 0.154 e. The summed E-state index contributed by atoms with van der Waals surface area (Å²) in [6.45, 7) is -2.86. The van der Waals surface area contributed by atoms with Gasteiger partial charge in [-0.2, -0.15) is 0 Å². The quantitative estimate of drug-likeness (QED) is 0.318. The fourth-order valence-corrected chi connectivity index (χ4v) is 0.838. The first kappa shape index (κ1) is 10.0. The maximum absolute atomic E-state index is 10.5. The monoisotopic (exact) mass is 210 g/mol. The van der Waals surface area contributed by atoms with Crippen molar-refractivity contribution in [1.29, 1.82) is 0 Å². The van der Waals surface area contributed by atoms with Gasteiger partial charge in [0.25, 0.3) is 0 Å². The summed E-state index contributed by atoms with van der Waals surface area (Å²) in [5.74, 6) is 0. The molecule has 6 nitrogen and oxygen atoms in total. The van der Waals surface area contributed by atoms with Gasteiger partial charge < -0.3 is 30.3 Å². The van der Waals surface area contributed by atoms with E-state index in [1.807, 2.05) is 0 Å². The minimum absolute atomic E-state index is 0.143. The topological polar surface area (TPSA) is 118 Å². The lowest BCUT2D eigenvalue weighted by molar-refractivity contribution is -0.198. The first-order valence-electron chi connectivity index (χ1n) is 5.20. The van der Waals surface area contributed by atoms with Crippen LogP contribution in [0.3, 0.4) is 0 Å². The maximum Gasteiger partial charge on any atom is 0.154 e. The Morgan fingerprint density at radius 2 is 2.00 bits per heavy atom. The normalized spacial score (nSPS) is 26.4. The molecule has 0 unspecified atom stereocenters. The van der Waals surface area contributed by atoms with E-state index >= 15 is 0 Å². The van der Waals surface area contributed by atoms with Gasteiger partial charge in [-0.25, -0.2) is 0 Å². The molecule has 0 bridgehead atoms. The molecule has 0 radical (unpaired) electrons. The van der Waals surface area contributed by atoms with Crippen molar-refractivity contribution >= 4 is 6.29 Å². The van der Waals surface area contributed by atoms with E-state index in [0.717, 1.165) is 0 Å². The van der Waals surface area contributed by atoms with Crippen molar-refractivity contribution in [3.05, 3.63) is 0 Å². The molecule has 6 heteroatoms. The van der Waals surface area contributed by atoms with Gasteiger partial charge in [0.05, 0.1) is 6.61 Å². The number of carbonyl (C=O) groups excluding carboxylic acids is 1. The molecule has 0 spiro atoms. The van der Waals surface area contributed by atoms with Gasteiger partial charge in [0, 0.05) is 2.74 Å². The number of rotatable bonds is 5. The van der Waals surface area contributed by atoms with Crippen LogP contribution in [-0.2, 0) is 4.79 Å². The molecule has 0 aliphatic heterocycles. The van der Waals surface area contributed by atoms with Gasteiger partial charge in [0.2, 0.25) is 0 Å². The van der Waals surface area contributed by atoms with E-state index in [4.69, 9.17) is 7.85 Å². The van der Waals surface area contributed by atoms with Crippen LogP contribution in [-0.4, -0.2) is 61.8 Å². The second-order valence-electron chi connectivity index (χ2n) is 3.20. The highest BCUT2D eigenvalue weighted by molar-refractivity contribution is 5.62. The summed E-state index contributed by atoms with van der Waals surface area (Å²) >= 11 is 0. The molecule has 0 amide bonds. The first-order valence-corrected chi connectivity index (χ1v) is 3.79. The number of hydrogen-bond acceptors (Lipinski definition) is 6. The van der Waals surface area contributed by atoms with Crippen LogP contribution in [0.4, 0.5) is 0 Å². The van der Waals surface area contributed by atoms with Crippen LogP contribution in [0.2, 0.25) is 0 Å². The molecule has 0 aliphatic rings. The standard InChI is InChI=1S/C8H16O6/c1-7(13,4-10)6(12)8(2,14)5(11)3-9/h4-6,9,11-14H,3H2,1-2H3/t5-,6-,7+,8+/m1/s1/i1D,2D. The van der Waals surface area contributed by atoms with Crippen LogP contribution in [0.1, 0.15) is 16.5 Å². The second kappa shape index (κ2) is 4.33. The zero-order valence-electron chi connectivity index (χ0n) is 9.50. The van der Waals surface area contributed by atoms with Crippen molar-refractivity contribution in [2.45, 2.75) is 37.2 Å². The minimum Gasteiger partial charge on any atom is -0.394 e. The molecule has 0 rings (SSSR count). The largest absolute Gasteiger partial charge is 0.394 e. The number of aldehydes is 1. The number of carbonyl (C=O) groups is 1. The molecule has 0 aromatic carbocycles. The summed E-state index contributed by atoms with van der Waals surface area (Å²) < 4.78 is 13.9. The molecule has 0 aromatic rings. The van der Waals surface area contributed by atoms with Crippen molar-refractivity contribution in [3.8, 4) is 0 Å². The van der Waals surface area contributed by atoms with Gasteiger partial charge in [-0.05, 0) is 13.8 Å². The summed E-state index contributed by atoms with van der Waals surface area (Å²) in [7, 11) is 0. The van der Waals surface area contributed by atoms with Crippen molar-refractivity contribution < 1.29 is 33.1 Å². The van der Waals surface area contributed by atoms with E-state index < -0.39 is 43.8 Å². The van der Waals surface area contributed by atoms with Crippen LogP contribution >= 0.6 is 0 Å². The molecule has 84 valence electrons. The number of hydrogen-bond donors (Lipinski definition) is 5. The molecule has 5 N–H and O–H groups in total. The Balaban J connectivity index is 5.17. The summed E-state index contributed by atoms with van der Waals surface area (Å²) in [5.41, 5.74) is -5.17. The molecular weight excluding hydrogens is 192 g/mol. The maximum atomic E-state index is 10.5. The molecule has 0 fully saturated rings. The highest BCUT2D eigenvalue weighted by Crippen LogP contribution is 2.23. The van der Waals surface area contributed by atoms with E-state index in [1.165, 1.54) is 0 Å². The van der Waals surface area contributed by atoms with Gasteiger partial charge in [0.1, 0.15) is 23.4 Å². The zero-order valence-corrected chi connectivity index (χ0v) is 7.50. The Hall–Kier alpha value is -0.530. The van der Waals surface area contributed by atoms with Gasteiger partial charge in [-0.15, -0.1) is 0 Å². The highest BCUT2D eigenvalue weighted by Gasteiger charge is 2.47. The van der Waals surface area contributed by atoms with E-state index in [1.54, 1.807) is 0 Å². The van der Waals surface area contributed by atoms with Crippen molar-refractivity contribution in [3.63, 3.8) is 0 Å². The fourth-order valence-electron chi connectivity index (χ4n) is 0.838. The predicted molar refractivity (Wildman–Crippen MR) is 46.4 cm³/mol. The Morgan fingerprint density at radius 3 is 2.29 bits per heavy atom. The average molecular weight is 210 g/mol. The Morgan fingerprint density at radius 1 is 1.43 bits per heavy atom. The van der Waals surface area contributed by atoms with Crippen LogP contribution < -0.4 is 0 Å². The van der Waals surface area contributed by atoms with E-state index in [9.17, 15) is 25.2 Å². The van der Waals surface area contributed by atoms with Gasteiger partial charge >= 0.3 is 0 Å². The molecule has 0 saturated carbocycles. The Labute approximate surface area is 84.2 Å². The SMILES string of the molecule is [2H]C[C@](O)([C@H](O)CO)[C@H](O)[C@@](O)(C=O)C[2H]. The molecule has 14 heavy (non-hydrogen) atoms. The minimum atomic E-state index is -2.59. The molecule has 0 aliphatic carbocycles. The van der Waals surface area contributed by atoms with Gasteiger partial charge in [0.15, 0.2) is 6.29 Å². The summed E-state index contributed by atoms with van der Waals surface area (Å²) in [4.78, 5) is 10.5. The zero-order chi connectivity index (χ0) is 13.0. The third-order valence-corrected chi connectivity index (χ3v) is 1.90. The molecule has 0 aromatic heterocycles. The molecular formula is C8H16O6. The summed E-state index contributed by atoms with van der Waals surface area (Å²) in [5, 5.41) is 46.6. The van der Waals surface area contributed by atoms with E-state index in [-0.39, 0.29) is 6.29 Å². The van der Waals surface area contributed by atoms with Crippen LogP contribution in [0.25, 0.3) is 0 Å². The number of aliphatic hydroxyl groups excluding tert-OH is 3. The first-order chi connectivity index (χ1) is 7.32. The summed E-state index contributed by atoms with van der Waals surface area (Å²) in [6, 6.07) is 0. The van der Waals surface area contributed by atoms with Crippen LogP contribution in [0.5, 0.6) is 0 Å². The van der Waals surface area contributed by atoms with Crippen molar-refractivity contribution in [2.24, 2.45) is 0 Å². The lowest BCUT2D eigenvalue weighted by Gasteiger charge is -2.37. The third-order valence-electron chi connectivity index (χ3n) is 1.90. The van der Waals surface area contributed by atoms with E-state index in [0.29, 0.717) is 0 Å². The average Bonchev–Trinajstić information content (AvgIpc) is 2.34.